The second kappa shape index (κ2) is 5.42. The van der Waals surface area contributed by atoms with Gasteiger partial charge >= 0.3 is 0 Å². The molecule has 5 rings (SSSR count). The standard InChI is InChI=1S/C20H16N4O3/c25-23(26)15-9-6-10-16-18(15)22-19-20(14-7-2-1-3-8-14)12-5-4-11-17(20)21-13-24(16,19)27/h1-5,7-9,11,13H,6,10,12H2. The van der Waals surface area contributed by atoms with Gasteiger partial charge in [-0.05, 0) is 30.6 Å². The Bertz CT molecular complexity index is 1050. The van der Waals surface area contributed by atoms with Crippen molar-refractivity contribution in [3.05, 3.63) is 98.3 Å². The Balaban J connectivity index is 1.78. The first-order chi connectivity index (χ1) is 13.1. The van der Waals surface area contributed by atoms with E-state index in [9.17, 15) is 15.3 Å². The molecule has 1 aromatic carbocycles. The highest BCUT2D eigenvalue weighted by Gasteiger charge is 2.58. The summed E-state index contributed by atoms with van der Waals surface area (Å²) in [6.45, 7) is 0. The Kier molecular flexibility index (Phi) is 3.22. The lowest BCUT2D eigenvalue weighted by molar-refractivity contribution is -0.641. The van der Waals surface area contributed by atoms with Gasteiger partial charge in [0.25, 0.3) is 5.70 Å². The Morgan fingerprint density at radius 2 is 2.04 bits per heavy atom. The van der Waals surface area contributed by atoms with Gasteiger partial charge in [-0.15, -0.1) is 0 Å². The molecule has 0 aromatic heterocycles. The minimum Gasteiger partial charge on any atom is -0.615 e. The van der Waals surface area contributed by atoms with E-state index in [1.165, 1.54) is 6.34 Å². The molecule has 0 amide bonds. The fraction of sp³-hybridized carbons (Fsp3) is 0.200. The second-order valence-corrected chi connectivity index (χ2v) is 6.97. The summed E-state index contributed by atoms with van der Waals surface area (Å²) in [7, 11) is 0. The molecule has 2 heterocycles. The van der Waals surface area contributed by atoms with Gasteiger partial charge in [-0.25, -0.2) is 9.64 Å². The minimum atomic E-state index is -0.916. The molecule has 7 nitrogen and oxygen atoms in total. The molecule has 7 heteroatoms. The number of nitro groups is 1. The highest BCUT2D eigenvalue weighted by atomic mass is 16.6. The number of rotatable bonds is 2. The van der Waals surface area contributed by atoms with E-state index in [2.05, 4.69) is 9.98 Å². The van der Waals surface area contributed by atoms with Crippen LogP contribution in [0.2, 0.25) is 0 Å². The summed E-state index contributed by atoms with van der Waals surface area (Å²) < 4.78 is -0.916. The van der Waals surface area contributed by atoms with Crippen LogP contribution in [0.5, 0.6) is 0 Å². The Morgan fingerprint density at radius 3 is 2.81 bits per heavy atom. The summed E-state index contributed by atoms with van der Waals surface area (Å²) >= 11 is 0. The third kappa shape index (κ3) is 1.98. The Morgan fingerprint density at radius 1 is 1.22 bits per heavy atom. The van der Waals surface area contributed by atoms with E-state index < -0.39 is 15.0 Å². The maximum absolute atomic E-state index is 13.9. The molecule has 2 aliphatic carbocycles. The lowest BCUT2D eigenvalue weighted by atomic mass is 9.70. The number of hydroxylamine groups is 3. The van der Waals surface area contributed by atoms with Gasteiger partial charge in [0.2, 0.25) is 17.9 Å². The predicted octanol–water partition coefficient (Wildman–Crippen LogP) is 3.70. The van der Waals surface area contributed by atoms with Gasteiger partial charge in [-0.2, -0.15) is 4.99 Å². The smallest absolute Gasteiger partial charge is 0.296 e. The average molecular weight is 360 g/mol. The van der Waals surface area contributed by atoms with Crippen LogP contribution < -0.4 is 0 Å². The number of quaternary nitrogens is 1. The van der Waals surface area contributed by atoms with Crippen LogP contribution in [0.3, 0.4) is 0 Å². The molecule has 0 bridgehead atoms. The number of fused-ring (bicyclic) bond motifs is 4. The van der Waals surface area contributed by atoms with Crippen LogP contribution in [0.15, 0.2) is 87.4 Å². The zero-order valence-corrected chi connectivity index (χ0v) is 14.4. The number of hydrogen-bond acceptors (Lipinski definition) is 5. The first-order valence-corrected chi connectivity index (χ1v) is 8.83. The largest absolute Gasteiger partial charge is 0.615 e. The quantitative estimate of drug-likeness (QED) is 0.348. The van der Waals surface area contributed by atoms with Gasteiger partial charge in [0.05, 0.1) is 10.6 Å². The van der Waals surface area contributed by atoms with Gasteiger partial charge in [-0.3, -0.25) is 10.1 Å². The molecule has 0 N–H and O–H groups in total. The van der Waals surface area contributed by atoms with Crippen LogP contribution >= 0.6 is 0 Å². The highest BCUT2D eigenvalue weighted by Crippen LogP contribution is 2.51. The van der Waals surface area contributed by atoms with Gasteiger partial charge in [0, 0.05) is 6.42 Å². The van der Waals surface area contributed by atoms with Crippen LogP contribution in [0.1, 0.15) is 24.8 Å². The molecule has 134 valence electrons. The number of amidine groups is 1. The van der Waals surface area contributed by atoms with Crippen LogP contribution in [-0.4, -0.2) is 21.7 Å². The van der Waals surface area contributed by atoms with Crippen molar-refractivity contribution in [2.24, 2.45) is 9.98 Å². The molecule has 0 spiro atoms. The molecule has 0 fully saturated rings. The van der Waals surface area contributed by atoms with Crippen LogP contribution in [0.4, 0.5) is 0 Å². The molecular formula is C20H16N4O3. The fourth-order valence-corrected chi connectivity index (χ4v) is 4.40. The summed E-state index contributed by atoms with van der Waals surface area (Å²) in [5.74, 6) is 0.346. The summed E-state index contributed by atoms with van der Waals surface area (Å²) in [6.07, 6.45) is 10.1. The van der Waals surface area contributed by atoms with Crippen molar-refractivity contribution in [1.29, 1.82) is 0 Å². The van der Waals surface area contributed by atoms with Gasteiger partial charge in [-0.1, -0.05) is 42.5 Å². The van der Waals surface area contributed by atoms with Crippen LogP contribution in [0, 0.1) is 15.3 Å². The van der Waals surface area contributed by atoms with Crippen molar-refractivity contribution in [1.82, 2.24) is 0 Å². The van der Waals surface area contributed by atoms with Gasteiger partial charge in [0.1, 0.15) is 5.41 Å². The van der Waals surface area contributed by atoms with Crippen molar-refractivity contribution in [2.45, 2.75) is 24.7 Å². The molecule has 27 heavy (non-hydrogen) atoms. The molecule has 4 aliphatic rings. The van der Waals surface area contributed by atoms with Crippen LogP contribution in [-0.2, 0) is 5.41 Å². The van der Waals surface area contributed by atoms with Gasteiger partial charge < -0.3 is 5.21 Å². The topological polar surface area (TPSA) is 90.9 Å². The lowest BCUT2D eigenvalue weighted by Crippen LogP contribution is -2.57. The summed E-state index contributed by atoms with van der Waals surface area (Å²) in [5.41, 5.74) is 1.37. The number of aliphatic imine (C=N–C) groups is 2. The van der Waals surface area contributed by atoms with Crippen molar-refractivity contribution in [3.63, 3.8) is 0 Å². The van der Waals surface area contributed by atoms with E-state index in [-0.39, 0.29) is 11.4 Å². The zero-order chi connectivity index (χ0) is 18.6. The first-order valence-electron chi connectivity index (χ1n) is 8.83. The molecule has 0 saturated heterocycles. The first kappa shape index (κ1) is 16.0. The third-order valence-corrected chi connectivity index (χ3v) is 5.62. The summed E-state index contributed by atoms with van der Waals surface area (Å²) in [5, 5.41) is 25.5. The molecular weight excluding hydrogens is 344 g/mol. The van der Waals surface area contributed by atoms with E-state index in [1.54, 1.807) is 6.08 Å². The predicted molar refractivity (Wildman–Crippen MR) is 101 cm³/mol. The maximum Gasteiger partial charge on any atom is 0.296 e. The normalized spacial score (nSPS) is 30.8. The van der Waals surface area contributed by atoms with E-state index in [0.717, 1.165) is 11.3 Å². The fourth-order valence-electron chi connectivity index (χ4n) is 4.40. The van der Waals surface area contributed by atoms with Gasteiger partial charge in [0.15, 0.2) is 5.70 Å². The van der Waals surface area contributed by atoms with Crippen LogP contribution in [0.25, 0.3) is 0 Å². The third-order valence-electron chi connectivity index (χ3n) is 5.62. The van der Waals surface area contributed by atoms with E-state index >= 15 is 0 Å². The molecule has 1 aromatic rings. The van der Waals surface area contributed by atoms with E-state index in [0.29, 0.717) is 30.8 Å². The maximum atomic E-state index is 13.9. The Labute approximate surface area is 155 Å². The molecule has 2 unspecified atom stereocenters. The molecule has 2 atom stereocenters. The monoisotopic (exact) mass is 360 g/mol. The summed E-state index contributed by atoms with van der Waals surface area (Å²) in [6, 6.07) is 9.68. The Hall–Kier alpha value is -3.16. The molecule has 0 radical (unpaired) electrons. The zero-order valence-electron chi connectivity index (χ0n) is 14.4. The average Bonchev–Trinajstić information content (AvgIpc) is 3.02. The minimum absolute atomic E-state index is 0.0833. The van der Waals surface area contributed by atoms with E-state index in [1.807, 2.05) is 48.6 Å². The SMILES string of the molecule is O=[N+]([O-])C1=CCCC2=C1N=C1C3(c4ccccc4)CC=CC=C3N=C[N+]12[O-]. The molecule has 0 saturated carbocycles. The van der Waals surface area contributed by atoms with E-state index in [4.69, 9.17) is 0 Å². The second-order valence-electron chi connectivity index (χ2n) is 6.97. The number of benzene rings is 1. The number of allylic oxidation sites excluding steroid dienone is 5. The lowest BCUT2D eigenvalue weighted by Gasteiger charge is -2.47. The van der Waals surface area contributed by atoms with Crippen molar-refractivity contribution >= 4 is 12.2 Å². The van der Waals surface area contributed by atoms with Crippen molar-refractivity contribution < 1.29 is 9.57 Å². The van der Waals surface area contributed by atoms with Crippen molar-refractivity contribution in [3.8, 4) is 0 Å². The molecule has 2 aliphatic heterocycles. The number of hydrogen-bond donors (Lipinski definition) is 0. The highest BCUT2D eigenvalue weighted by molar-refractivity contribution is 6.01. The van der Waals surface area contributed by atoms with Crippen molar-refractivity contribution in [2.75, 3.05) is 0 Å². The number of nitrogens with zero attached hydrogens (tertiary/aromatic N) is 4. The summed E-state index contributed by atoms with van der Waals surface area (Å²) in [4.78, 5) is 20.2.